The number of hydrogen-bond acceptors (Lipinski definition) is 3. The number of anilines is 1. The minimum Gasteiger partial charge on any atom is -0.480 e. The van der Waals surface area contributed by atoms with Gasteiger partial charge in [-0.2, -0.15) is 0 Å². The molecule has 0 aromatic heterocycles. The molecule has 0 amide bonds. The van der Waals surface area contributed by atoms with E-state index in [0.29, 0.717) is 5.69 Å². The van der Waals surface area contributed by atoms with E-state index in [-0.39, 0.29) is 4.90 Å². The zero-order valence-electron chi connectivity index (χ0n) is 12.7. The number of aliphatic carboxylic acids is 1. The zero-order valence-corrected chi connectivity index (χ0v) is 13.5. The maximum atomic E-state index is 12.9. The molecule has 1 N–H and O–H groups in total. The number of sulfonamides is 1. The minimum absolute atomic E-state index is 0.0550. The van der Waals surface area contributed by atoms with Gasteiger partial charge in [-0.3, -0.25) is 9.10 Å². The summed E-state index contributed by atoms with van der Waals surface area (Å²) in [5.41, 5.74) is 0.319. The Hall–Kier alpha value is -2.86. The second kappa shape index (κ2) is 6.33. The average Bonchev–Trinajstić information content (AvgIpc) is 2.60. The Morgan fingerprint density at radius 3 is 2.17 bits per heavy atom. The average molecular weight is 341 g/mol. The second-order valence-electron chi connectivity index (χ2n) is 5.25. The van der Waals surface area contributed by atoms with Crippen LogP contribution in [0.5, 0.6) is 0 Å². The van der Waals surface area contributed by atoms with Crippen molar-refractivity contribution in [1.29, 1.82) is 0 Å². The predicted octanol–water partition coefficient (Wildman–Crippen LogP) is 3.12. The predicted molar refractivity (Wildman–Crippen MR) is 92.6 cm³/mol. The van der Waals surface area contributed by atoms with Crippen molar-refractivity contribution in [3.05, 3.63) is 72.8 Å². The Kier molecular flexibility index (Phi) is 4.22. The molecule has 24 heavy (non-hydrogen) atoms. The van der Waals surface area contributed by atoms with Crippen LogP contribution in [0.25, 0.3) is 10.8 Å². The molecule has 5 nitrogen and oxygen atoms in total. The molecule has 0 fully saturated rings. The molecule has 0 saturated carbocycles. The molecule has 0 saturated heterocycles. The van der Waals surface area contributed by atoms with Crippen molar-refractivity contribution < 1.29 is 18.3 Å². The molecule has 0 unspecified atom stereocenters. The topological polar surface area (TPSA) is 74.7 Å². The molecule has 0 bridgehead atoms. The number of carboxylic acids is 1. The van der Waals surface area contributed by atoms with Crippen LogP contribution in [0.1, 0.15) is 0 Å². The highest BCUT2D eigenvalue weighted by Crippen LogP contribution is 2.27. The van der Waals surface area contributed by atoms with E-state index in [2.05, 4.69) is 0 Å². The van der Waals surface area contributed by atoms with Crippen LogP contribution in [0.4, 0.5) is 5.69 Å². The quantitative estimate of drug-likeness (QED) is 0.774. The summed E-state index contributed by atoms with van der Waals surface area (Å²) in [6, 6.07) is 20.4. The fourth-order valence-electron chi connectivity index (χ4n) is 2.49. The van der Waals surface area contributed by atoms with Crippen molar-refractivity contribution >= 4 is 32.5 Å². The molecule has 3 aromatic carbocycles. The van der Waals surface area contributed by atoms with Gasteiger partial charge in [-0.25, -0.2) is 8.42 Å². The van der Waals surface area contributed by atoms with Gasteiger partial charge in [-0.15, -0.1) is 0 Å². The largest absolute Gasteiger partial charge is 0.480 e. The highest BCUT2D eigenvalue weighted by molar-refractivity contribution is 7.92. The molecule has 0 spiro atoms. The van der Waals surface area contributed by atoms with Crippen molar-refractivity contribution in [1.82, 2.24) is 0 Å². The summed E-state index contributed by atoms with van der Waals surface area (Å²) in [6.45, 7) is -0.643. The Bertz CT molecular complexity index is 984. The Morgan fingerprint density at radius 1 is 0.875 bits per heavy atom. The van der Waals surface area contributed by atoms with E-state index < -0.39 is 22.5 Å². The second-order valence-corrected chi connectivity index (χ2v) is 7.11. The van der Waals surface area contributed by atoms with Crippen LogP contribution >= 0.6 is 0 Å². The molecule has 0 atom stereocenters. The van der Waals surface area contributed by atoms with Gasteiger partial charge in [0.25, 0.3) is 10.0 Å². The third kappa shape index (κ3) is 3.09. The van der Waals surface area contributed by atoms with Crippen molar-refractivity contribution in [2.24, 2.45) is 0 Å². The van der Waals surface area contributed by atoms with Crippen LogP contribution in [0.2, 0.25) is 0 Å². The van der Waals surface area contributed by atoms with Crippen LogP contribution < -0.4 is 4.31 Å². The van der Waals surface area contributed by atoms with Crippen LogP contribution in [-0.2, 0) is 14.8 Å². The first-order valence-electron chi connectivity index (χ1n) is 7.27. The Morgan fingerprint density at radius 2 is 1.50 bits per heavy atom. The van der Waals surface area contributed by atoms with Crippen LogP contribution in [-0.4, -0.2) is 26.0 Å². The molecular weight excluding hydrogens is 326 g/mol. The van der Waals surface area contributed by atoms with E-state index in [1.165, 1.54) is 12.1 Å². The van der Waals surface area contributed by atoms with Crippen LogP contribution in [0, 0.1) is 0 Å². The maximum Gasteiger partial charge on any atom is 0.324 e. The number of fused-ring (bicyclic) bond motifs is 1. The molecule has 122 valence electrons. The van der Waals surface area contributed by atoms with E-state index in [4.69, 9.17) is 5.11 Å². The molecule has 0 radical (unpaired) electrons. The fraction of sp³-hybridized carbons (Fsp3) is 0.0556. The van der Waals surface area contributed by atoms with Gasteiger partial charge in [-0.1, -0.05) is 48.5 Å². The molecule has 0 heterocycles. The highest BCUT2D eigenvalue weighted by Gasteiger charge is 2.27. The van der Waals surface area contributed by atoms with Gasteiger partial charge in [0.1, 0.15) is 6.54 Å². The standard InChI is InChI=1S/C18H15NO4S/c20-18(21)13-19(24(22,23)17-8-2-1-3-9-17)16-11-10-14-6-4-5-7-15(14)12-16/h1-12H,13H2,(H,20,21). The number of rotatable bonds is 5. The lowest BCUT2D eigenvalue weighted by Gasteiger charge is -2.23. The maximum absolute atomic E-state index is 12.9. The van der Waals surface area contributed by atoms with Crippen LogP contribution in [0.3, 0.4) is 0 Å². The van der Waals surface area contributed by atoms with Gasteiger partial charge in [0, 0.05) is 0 Å². The van der Waals surface area contributed by atoms with Gasteiger partial charge in [0.05, 0.1) is 10.6 Å². The summed E-state index contributed by atoms with van der Waals surface area (Å²) in [6.07, 6.45) is 0. The summed E-state index contributed by atoms with van der Waals surface area (Å²) in [4.78, 5) is 11.3. The number of hydrogen-bond donors (Lipinski definition) is 1. The van der Waals surface area contributed by atoms with E-state index in [0.717, 1.165) is 15.1 Å². The van der Waals surface area contributed by atoms with Crippen molar-refractivity contribution in [2.45, 2.75) is 4.90 Å². The summed E-state index contributed by atoms with van der Waals surface area (Å²) >= 11 is 0. The normalized spacial score (nSPS) is 11.3. The fourth-order valence-corrected chi connectivity index (χ4v) is 3.92. The van der Waals surface area contributed by atoms with Gasteiger partial charge in [0.15, 0.2) is 0 Å². The highest BCUT2D eigenvalue weighted by atomic mass is 32.2. The molecule has 0 aliphatic carbocycles. The number of benzene rings is 3. The molecule has 0 aliphatic heterocycles. The first kappa shape index (κ1) is 16.0. The third-order valence-electron chi connectivity index (χ3n) is 3.63. The first-order valence-corrected chi connectivity index (χ1v) is 8.71. The number of carboxylic acid groups (broad SMARTS) is 1. The Labute approximate surface area is 139 Å². The lowest BCUT2D eigenvalue weighted by molar-refractivity contribution is -0.135. The summed E-state index contributed by atoms with van der Waals surface area (Å²) in [7, 11) is -3.97. The summed E-state index contributed by atoms with van der Waals surface area (Å²) < 4.78 is 26.6. The molecule has 0 aliphatic rings. The van der Waals surface area contributed by atoms with Gasteiger partial charge in [0.2, 0.25) is 0 Å². The first-order chi connectivity index (χ1) is 11.5. The van der Waals surface area contributed by atoms with Gasteiger partial charge in [-0.05, 0) is 35.0 Å². The lowest BCUT2D eigenvalue weighted by atomic mass is 10.1. The SMILES string of the molecule is O=C(O)CN(c1ccc2ccccc2c1)S(=O)(=O)c1ccccc1. The zero-order chi connectivity index (χ0) is 17.2. The van der Waals surface area contributed by atoms with Gasteiger partial charge >= 0.3 is 5.97 Å². The van der Waals surface area contributed by atoms with Crippen molar-refractivity contribution in [3.8, 4) is 0 Å². The van der Waals surface area contributed by atoms with Gasteiger partial charge < -0.3 is 5.11 Å². The molecule has 3 rings (SSSR count). The smallest absolute Gasteiger partial charge is 0.324 e. The van der Waals surface area contributed by atoms with E-state index >= 15 is 0 Å². The van der Waals surface area contributed by atoms with E-state index in [9.17, 15) is 13.2 Å². The van der Waals surface area contributed by atoms with E-state index in [1.54, 1.807) is 36.4 Å². The molecular formula is C18H15NO4S. The van der Waals surface area contributed by atoms with Crippen LogP contribution in [0.15, 0.2) is 77.7 Å². The number of carbonyl (C=O) groups is 1. The Balaban J connectivity index is 2.13. The van der Waals surface area contributed by atoms with Crippen molar-refractivity contribution in [3.63, 3.8) is 0 Å². The van der Waals surface area contributed by atoms with E-state index in [1.807, 2.05) is 24.3 Å². The molecule has 6 heteroatoms. The molecule has 3 aromatic rings. The third-order valence-corrected chi connectivity index (χ3v) is 5.42. The minimum atomic E-state index is -3.97. The van der Waals surface area contributed by atoms with Crippen molar-refractivity contribution in [2.75, 3.05) is 10.8 Å². The number of nitrogens with zero attached hydrogens (tertiary/aromatic N) is 1. The lowest BCUT2D eigenvalue weighted by Crippen LogP contribution is -2.35. The summed E-state index contributed by atoms with van der Waals surface area (Å²) in [5, 5.41) is 11.0. The summed E-state index contributed by atoms with van der Waals surface area (Å²) in [5.74, 6) is -1.22. The monoisotopic (exact) mass is 341 g/mol.